The van der Waals surface area contributed by atoms with E-state index in [1.165, 1.54) is 15.6 Å². The van der Waals surface area contributed by atoms with Crippen LogP contribution in [0.1, 0.15) is 19.3 Å². The van der Waals surface area contributed by atoms with Gasteiger partial charge in [0.1, 0.15) is 6.04 Å². The molecule has 1 amide bonds. The summed E-state index contributed by atoms with van der Waals surface area (Å²) in [4.78, 5) is 17.6. The van der Waals surface area contributed by atoms with Crippen LogP contribution in [0, 0.1) is 0 Å². The summed E-state index contributed by atoms with van der Waals surface area (Å²) in [6, 6.07) is 7.13. The molecule has 1 fully saturated rings. The molecule has 8 heteroatoms. The number of hydrogen-bond acceptors (Lipinski definition) is 4. The summed E-state index contributed by atoms with van der Waals surface area (Å²) in [7, 11) is -3.42. The van der Waals surface area contributed by atoms with Crippen LogP contribution in [0.4, 0.5) is 0 Å². The lowest BCUT2D eigenvalue weighted by molar-refractivity contribution is -0.122. The van der Waals surface area contributed by atoms with Crippen molar-refractivity contribution in [3.8, 4) is 0 Å². The van der Waals surface area contributed by atoms with Gasteiger partial charge in [0.15, 0.2) is 4.80 Å². The molecule has 0 aliphatic carbocycles. The standard InChI is InChI=1S/C17H21N3O3S2/c1-3-11-19-13-8-4-5-10-15(13)24-17(19)18-16(21)14-9-6-7-12-20(14)25(2,22)23/h3-5,8,10,14H,1,6-7,9,11-12H2,2H3. The lowest BCUT2D eigenvalue weighted by Crippen LogP contribution is -2.47. The predicted octanol–water partition coefficient (Wildman–Crippen LogP) is 2.13. The van der Waals surface area contributed by atoms with Crippen molar-refractivity contribution in [2.45, 2.75) is 31.8 Å². The normalized spacial score (nSPS) is 20.0. The molecule has 1 aliphatic heterocycles. The maximum absolute atomic E-state index is 12.8. The molecule has 0 N–H and O–H groups in total. The number of thiazole rings is 1. The summed E-state index contributed by atoms with van der Waals surface area (Å²) >= 11 is 1.42. The van der Waals surface area contributed by atoms with Crippen LogP contribution in [0.25, 0.3) is 10.2 Å². The van der Waals surface area contributed by atoms with Crippen LogP contribution in [-0.2, 0) is 21.4 Å². The Morgan fingerprint density at radius 2 is 2.16 bits per heavy atom. The van der Waals surface area contributed by atoms with Crippen LogP contribution in [0.15, 0.2) is 41.9 Å². The minimum Gasteiger partial charge on any atom is -0.313 e. The van der Waals surface area contributed by atoms with Gasteiger partial charge >= 0.3 is 0 Å². The Balaban J connectivity index is 2.04. The third-order valence-corrected chi connectivity index (χ3v) is 6.62. The molecule has 0 bridgehead atoms. The first kappa shape index (κ1) is 18.0. The van der Waals surface area contributed by atoms with Crippen molar-refractivity contribution in [3.05, 3.63) is 41.7 Å². The number of carbonyl (C=O) groups is 1. The number of benzene rings is 1. The van der Waals surface area contributed by atoms with Gasteiger partial charge in [0.25, 0.3) is 5.91 Å². The number of aromatic nitrogens is 1. The van der Waals surface area contributed by atoms with E-state index >= 15 is 0 Å². The lowest BCUT2D eigenvalue weighted by atomic mass is 10.0. The Labute approximate surface area is 151 Å². The van der Waals surface area contributed by atoms with Crippen molar-refractivity contribution in [3.63, 3.8) is 0 Å². The molecule has 1 atom stereocenters. The predicted molar refractivity (Wildman–Crippen MR) is 99.8 cm³/mol. The van der Waals surface area contributed by atoms with Crippen molar-refractivity contribution in [1.29, 1.82) is 0 Å². The Morgan fingerprint density at radius 1 is 1.40 bits per heavy atom. The third-order valence-electron chi connectivity index (χ3n) is 4.27. The zero-order valence-corrected chi connectivity index (χ0v) is 15.7. The van der Waals surface area contributed by atoms with Crippen LogP contribution in [0.3, 0.4) is 0 Å². The highest BCUT2D eigenvalue weighted by molar-refractivity contribution is 7.88. The molecule has 1 aromatic heterocycles. The lowest BCUT2D eigenvalue weighted by Gasteiger charge is -2.31. The third kappa shape index (κ3) is 3.75. The Bertz CT molecular complexity index is 972. The molecule has 0 spiro atoms. The monoisotopic (exact) mass is 379 g/mol. The molecule has 1 aromatic carbocycles. The topological polar surface area (TPSA) is 71.7 Å². The molecular weight excluding hydrogens is 358 g/mol. The van der Waals surface area contributed by atoms with Gasteiger partial charge in [-0.15, -0.1) is 6.58 Å². The Kier molecular flexibility index (Phi) is 5.21. The van der Waals surface area contributed by atoms with Crippen LogP contribution in [-0.4, -0.2) is 42.0 Å². The first-order chi connectivity index (χ1) is 11.9. The highest BCUT2D eigenvalue weighted by Crippen LogP contribution is 2.21. The largest absolute Gasteiger partial charge is 0.313 e. The van der Waals surface area contributed by atoms with E-state index in [4.69, 9.17) is 0 Å². The summed E-state index contributed by atoms with van der Waals surface area (Å²) in [5.74, 6) is -0.394. The van der Waals surface area contributed by atoms with Crippen molar-refractivity contribution < 1.29 is 13.2 Å². The van der Waals surface area contributed by atoms with E-state index in [1.54, 1.807) is 6.08 Å². The summed E-state index contributed by atoms with van der Waals surface area (Å²) in [5, 5.41) is 0. The average molecular weight is 380 g/mol. The second-order valence-corrected chi connectivity index (χ2v) is 9.03. The second kappa shape index (κ2) is 7.23. The van der Waals surface area contributed by atoms with E-state index in [0.717, 1.165) is 29.3 Å². The average Bonchev–Trinajstić information content (AvgIpc) is 2.92. The van der Waals surface area contributed by atoms with Gasteiger partial charge in [-0.3, -0.25) is 4.79 Å². The van der Waals surface area contributed by atoms with E-state index in [0.29, 0.717) is 24.3 Å². The van der Waals surface area contributed by atoms with Crippen molar-refractivity contribution >= 4 is 37.5 Å². The van der Waals surface area contributed by atoms with Crippen molar-refractivity contribution in [2.24, 2.45) is 4.99 Å². The Hall–Kier alpha value is -1.77. The van der Waals surface area contributed by atoms with Crippen LogP contribution in [0.2, 0.25) is 0 Å². The van der Waals surface area contributed by atoms with Gasteiger partial charge in [0.05, 0.1) is 16.5 Å². The van der Waals surface area contributed by atoms with Crippen LogP contribution >= 0.6 is 11.3 Å². The summed E-state index contributed by atoms with van der Waals surface area (Å²) in [6.45, 7) is 4.68. The maximum atomic E-state index is 12.8. The number of rotatable bonds is 4. The molecule has 1 saturated heterocycles. The zero-order valence-electron chi connectivity index (χ0n) is 14.1. The minimum atomic E-state index is -3.42. The number of nitrogens with zero attached hydrogens (tertiary/aromatic N) is 3. The maximum Gasteiger partial charge on any atom is 0.266 e. The molecular formula is C17H21N3O3S2. The van der Waals surface area contributed by atoms with E-state index in [1.807, 2.05) is 28.8 Å². The minimum absolute atomic E-state index is 0.379. The van der Waals surface area contributed by atoms with Crippen molar-refractivity contribution in [1.82, 2.24) is 8.87 Å². The van der Waals surface area contributed by atoms with Gasteiger partial charge in [-0.05, 0) is 25.0 Å². The summed E-state index contributed by atoms with van der Waals surface area (Å²) < 4.78 is 28.2. The molecule has 0 radical (unpaired) electrons. The van der Waals surface area contributed by atoms with Gasteiger partial charge in [-0.1, -0.05) is 36.0 Å². The van der Waals surface area contributed by atoms with Crippen LogP contribution < -0.4 is 4.80 Å². The second-order valence-electron chi connectivity index (χ2n) is 6.09. The molecule has 6 nitrogen and oxygen atoms in total. The van der Waals surface area contributed by atoms with Gasteiger partial charge in [-0.25, -0.2) is 8.42 Å². The van der Waals surface area contributed by atoms with E-state index < -0.39 is 22.0 Å². The molecule has 1 unspecified atom stereocenters. The number of sulfonamides is 1. The first-order valence-corrected chi connectivity index (χ1v) is 10.8. The number of amides is 1. The zero-order chi connectivity index (χ0) is 18.0. The number of para-hydroxylation sites is 1. The van der Waals surface area contributed by atoms with Gasteiger partial charge in [0.2, 0.25) is 10.0 Å². The number of piperidine rings is 1. The fourth-order valence-corrected chi connectivity index (χ4v) is 5.29. The van der Waals surface area contributed by atoms with Crippen molar-refractivity contribution in [2.75, 3.05) is 12.8 Å². The fourth-order valence-electron chi connectivity index (χ4n) is 3.13. The molecule has 134 valence electrons. The summed E-state index contributed by atoms with van der Waals surface area (Å²) in [6.07, 6.45) is 5.02. The number of carbonyl (C=O) groups excluding carboxylic acids is 1. The van der Waals surface area contributed by atoms with E-state index in [9.17, 15) is 13.2 Å². The highest BCUT2D eigenvalue weighted by atomic mass is 32.2. The smallest absolute Gasteiger partial charge is 0.266 e. The van der Waals surface area contributed by atoms with Gasteiger partial charge < -0.3 is 4.57 Å². The van der Waals surface area contributed by atoms with E-state index in [-0.39, 0.29) is 0 Å². The first-order valence-electron chi connectivity index (χ1n) is 8.16. The molecule has 2 aromatic rings. The molecule has 2 heterocycles. The van der Waals surface area contributed by atoms with Gasteiger partial charge in [0, 0.05) is 13.1 Å². The van der Waals surface area contributed by atoms with E-state index in [2.05, 4.69) is 11.6 Å². The summed E-state index contributed by atoms with van der Waals surface area (Å²) in [5.41, 5.74) is 0.988. The molecule has 25 heavy (non-hydrogen) atoms. The fraction of sp³-hybridized carbons (Fsp3) is 0.412. The molecule has 3 rings (SSSR count). The highest BCUT2D eigenvalue weighted by Gasteiger charge is 2.34. The molecule has 1 aliphatic rings. The van der Waals surface area contributed by atoms with Crippen LogP contribution in [0.5, 0.6) is 0 Å². The SMILES string of the molecule is C=CCn1c(=NC(=O)C2CCCCN2S(C)(=O)=O)sc2ccccc21. The number of allylic oxidation sites excluding steroid dienone is 1. The Morgan fingerprint density at radius 3 is 2.88 bits per heavy atom. The number of hydrogen-bond donors (Lipinski definition) is 0. The number of fused-ring (bicyclic) bond motifs is 1. The quantitative estimate of drug-likeness (QED) is 0.764. The molecule has 0 saturated carbocycles. The van der Waals surface area contributed by atoms with Gasteiger partial charge in [-0.2, -0.15) is 9.30 Å².